The summed E-state index contributed by atoms with van der Waals surface area (Å²) >= 11 is 7.03. The lowest BCUT2D eigenvalue weighted by Crippen LogP contribution is -2.21. The van der Waals surface area contributed by atoms with Gasteiger partial charge in [-0.1, -0.05) is 41.9 Å². The van der Waals surface area contributed by atoms with Crippen LogP contribution in [-0.4, -0.2) is 31.0 Å². The summed E-state index contributed by atoms with van der Waals surface area (Å²) in [7, 11) is 0. The average molecular weight is 473 g/mol. The molecule has 0 unspecified atom stereocenters. The first-order chi connectivity index (χ1) is 15.4. The maximum Gasteiger partial charge on any atom is 0.341 e. The van der Waals surface area contributed by atoms with Crippen molar-refractivity contribution in [3.63, 3.8) is 0 Å². The molecule has 166 valence electrons. The number of hydrogen-bond acceptors (Lipinski definition) is 6. The molecule has 2 N–H and O–H groups in total. The molecule has 7 nitrogen and oxygen atoms in total. The van der Waals surface area contributed by atoms with Gasteiger partial charge in [-0.05, 0) is 43.7 Å². The van der Waals surface area contributed by atoms with Crippen LogP contribution in [0, 0.1) is 6.92 Å². The molecule has 2 amide bonds. The van der Waals surface area contributed by atoms with E-state index in [0.29, 0.717) is 26.9 Å². The summed E-state index contributed by atoms with van der Waals surface area (Å²) in [4.78, 5) is 38.1. The maximum atomic E-state index is 12.8. The van der Waals surface area contributed by atoms with E-state index < -0.39 is 17.8 Å². The number of para-hydroxylation sites is 2. The molecule has 3 rings (SSSR count). The Kier molecular flexibility index (Phi) is 7.86. The Hall–Kier alpha value is -3.36. The van der Waals surface area contributed by atoms with Gasteiger partial charge in [0.25, 0.3) is 11.8 Å². The van der Waals surface area contributed by atoms with Gasteiger partial charge >= 0.3 is 5.97 Å². The van der Waals surface area contributed by atoms with Crippen LogP contribution < -0.4 is 15.4 Å². The number of carbonyl (C=O) groups excluding carboxylic acids is 3. The van der Waals surface area contributed by atoms with E-state index in [9.17, 15) is 14.4 Å². The first-order valence-corrected chi connectivity index (χ1v) is 10.9. The largest absolute Gasteiger partial charge is 0.482 e. The number of benzene rings is 2. The minimum absolute atomic E-state index is 0.140. The normalized spacial score (nSPS) is 10.3. The van der Waals surface area contributed by atoms with Crippen molar-refractivity contribution in [2.24, 2.45) is 0 Å². The van der Waals surface area contributed by atoms with E-state index in [2.05, 4.69) is 10.6 Å². The van der Waals surface area contributed by atoms with Gasteiger partial charge in [-0.2, -0.15) is 0 Å². The fourth-order valence-corrected chi connectivity index (χ4v) is 4.14. The number of carbonyl (C=O) groups is 3. The highest BCUT2D eigenvalue weighted by atomic mass is 35.5. The smallest absolute Gasteiger partial charge is 0.341 e. The molecule has 1 heterocycles. The zero-order chi connectivity index (χ0) is 23.1. The third kappa shape index (κ3) is 5.66. The summed E-state index contributed by atoms with van der Waals surface area (Å²) in [6.07, 6.45) is 0. The molecule has 2 aromatic carbocycles. The molecule has 0 spiro atoms. The monoisotopic (exact) mass is 472 g/mol. The molecule has 0 aliphatic carbocycles. The number of anilines is 2. The molecule has 0 fully saturated rings. The molecule has 32 heavy (non-hydrogen) atoms. The van der Waals surface area contributed by atoms with Crippen molar-refractivity contribution < 1.29 is 23.9 Å². The fourth-order valence-electron chi connectivity index (χ4n) is 2.84. The molecule has 1 aromatic heterocycles. The van der Waals surface area contributed by atoms with E-state index in [-0.39, 0.29) is 23.8 Å². The maximum absolute atomic E-state index is 12.8. The summed E-state index contributed by atoms with van der Waals surface area (Å²) in [6.45, 7) is 3.15. The summed E-state index contributed by atoms with van der Waals surface area (Å²) < 4.78 is 10.6. The summed E-state index contributed by atoms with van der Waals surface area (Å²) in [5.41, 5.74) is 1.17. The lowest BCUT2D eigenvalue weighted by molar-refractivity contribution is -0.118. The zero-order valence-electron chi connectivity index (χ0n) is 17.4. The van der Waals surface area contributed by atoms with Crippen molar-refractivity contribution in [3.8, 4) is 5.75 Å². The van der Waals surface area contributed by atoms with E-state index in [0.717, 1.165) is 11.3 Å². The predicted molar refractivity (Wildman–Crippen MR) is 125 cm³/mol. The van der Waals surface area contributed by atoms with Crippen molar-refractivity contribution in [2.45, 2.75) is 13.8 Å². The van der Waals surface area contributed by atoms with Gasteiger partial charge in [-0.15, -0.1) is 11.3 Å². The van der Waals surface area contributed by atoms with Crippen LogP contribution in [-0.2, 0) is 9.53 Å². The number of ether oxygens (including phenoxy) is 2. The number of nitrogens with one attached hydrogen (secondary N) is 2. The highest BCUT2D eigenvalue weighted by molar-refractivity contribution is 7.19. The van der Waals surface area contributed by atoms with Gasteiger partial charge in [0.1, 0.15) is 10.8 Å². The average Bonchev–Trinajstić information content (AvgIpc) is 3.10. The highest BCUT2D eigenvalue weighted by Crippen LogP contribution is 2.34. The molecule has 0 saturated carbocycles. The van der Waals surface area contributed by atoms with E-state index in [4.69, 9.17) is 21.1 Å². The number of amides is 2. The minimum Gasteiger partial charge on any atom is -0.482 e. The van der Waals surface area contributed by atoms with E-state index in [1.54, 1.807) is 62.4 Å². The van der Waals surface area contributed by atoms with Crippen LogP contribution in [0.1, 0.15) is 32.5 Å². The second-order valence-electron chi connectivity index (χ2n) is 6.57. The molecular weight excluding hydrogens is 452 g/mol. The van der Waals surface area contributed by atoms with Gasteiger partial charge in [0.15, 0.2) is 6.61 Å². The minimum atomic E-state index is -0.623. The van der Waals surface area contributed by atoms with Crippen molar-refractivity contribution in [1.29, 1.82) is 0 Å². The van der Waals surface area contributed by atoms with E-state index >= 15 is 0 Å². The predicted octanol–water partition coefficient (Wildman–Crippen LogP) is 5.16. The molecular formula is C23H21ClN2O5S. The van der Waals surface area contributed by atoms with Crippen molar-refractivity contribution >= 4 is 51.4 Å². The van der Waals surface area contributed by atoms with Crippen LogP contribution in [0.4, 0.5) is 10.7 Å². The van der Waals surface area contributed by atoms with Gasteiger partial charge in [-0.3, -0.25) is 9.59 Å². The number of halogens is 1. The standard InChI is InChI=1S/C23H21ClN2O5S/c1-3-30-23(29)19-14(2)20(21(28)25-15-9-5-4-6-10-15)32-22(19)26-18(27)13-31-17-12-8-7-11-16(17)24/h4-12H,3,13H2,1-2H3,(H,25,28)(H,26,27). The molecule has 0 aliphatic rings. The van der Waals surface area contributed by atoms with Crippen LogP contribution in [0.15, 0.2) is 54.6 Å². The lowest BCUT2D eigenvalue weighted by atomic mass is 10.1. The topological polar surface area (TPSA) is 93.7 Å². The molecule has 0 bridgehead atoms. The molecule has 0 radical (unpaired) electrons. The first kappa shape index (κ1) is 23.3. The summed E-state index contributed by atoms with van der Waals surface area (Å²) in [5, 5.41) is 6.02. The molecule has 9 heteroatoms. The van der Waals surface area contributed by atoms with Crippen LogP contribution >= 0.6 is 22.9 Å². The van der Waals surface area contributed by atoms with Gasteiger partial charge in [0, 0.05) is 5.69 Å². The number of rotatable bonds is 8. The lowest BCUT2D eigenvalue weighted by Gasteiger charge is -2.09. The summed E-state index contributed by atoms with van der Waals surface area (Å²) in [6, 6.07) is 15.7. The van der Waals surface area contributed by atoms with E-state index in [1.807, 2.05) is 6.07 Å². The van der Waals surface area contributed by atoms with Gasteiger partial charge in [-0.25, -0.2) is 4.79 Å². The molecule has 0 saturated heterocycles. The second kappa shape index (κ2) is 10.8. The molecule has 0 atom stereocenters. The first-order valence-electron chi connectivity index (χ1n) is 9.74. The second-order valence-corrected chi connectivity index (χ2v) is 8.00. The number of esters is 1. The van der Waals surface area contributed by atoms with Crippen molar-refractivity contribution in [2.75, 3.05) is 23.8 Å². The van der Waals surface area contributed by atoms with Crippen LogP contribution in [0.5, 0.6) is 5.75 Å². The van der Waals surface area contributed by atoms with Gasteiger partial charge in [0.2, 0.25) is 0 Å². The Bertz CT molecular complexity index is 1130. The van der Waals surface area contributed by atoms with Crippen LogP contribution in [0.2, 0.25) is 5.02 Å². The number of thiophene rings is 1. The van der Waals surface area contributed by atoms with E-state index in [1.165, 1.54) is 0 Å². The Labute approximate surface area is 194 Å². The van der Waals surface area contributed by atoms with Crippen LogP contribution in [0.25, 0.3) is 0 Å². The van der Waals surface area contributed by atoms with Gasteiger partial charge < -0.3 is 20.1 Å². The molecule has 3 aromatic rings. The van der Waals surface area contributed by atoms with Crippen molar-refractivity contribution in [1.82, 2.24) is 0 Å². The van der Waals surface area contributed by atoms with Gasteiger partial charge in [0.05, 0.1) is 22.1 Å². The Morgan fingerprint density at radius 3 is 2.38 bits per heavy atom. The zero-order valence-corrected chi connectivity index (χ0v) is 19.0. The van der Waals surface area contributed by atoms with Crippen LogP contribution in [0.3, 0.4) is 0 Å². The van der Waals surface area contributed by atoms with Crippen molar-refractivity contribution in [3.05, 3.63) is 75.6 Å². The fraction of sp³-hybridized carbons (Fsp3) is 0.174. The Morgan fingerprint density at radius 1 is 1.00 bits per heavy atom. The quantitative estimate of drug-likeness (QED) is 0.442. The third-order valence-corrected chi connectivity index (χ3v) is 5.83. The molecule has 0 aliphatic heterocycles. The summed E-state index contributed by atoms with van der Waals surface area (Å²) in [5.74, 6) is -1.16. The Balaban J connectivity index is 1.81. The Morgan fingerprint density at radius 2 is 1.69 bits per heavy atom. The third-order valence-electron chi connectivity index (χ3n) is 4.31. The highest BCUT2D eigenvalue weighted by Gasteiger charge is 2.27. The SMILES string of the molecule is CCOC(=O)c1c(NC(=O)COc2ccccc2Cl)sc(C(=O)Nc2ccccc2)c1C. The number of hydrogen-bond donors (Lipinski definition) is 2.